The molecule has 0 atom stereocenters. The zero-order chi connectivity index (χ0) is 15.2. The van der Waals surface area contributed by atoms with E-state index in [0.717, 1.165) is 13.0 Å². The van der Waals surface area contributed by atoms with Crippen molar-refractivity contribution in [3.63, 3.8) is 0 Å². The molecule has 0 aliphatic heterocycles. The Morgan fingerprint density at radius 1 is 1.24 bits per heavy atom. The Kier molecular flexibility index (Phi) is 5.10. The lowest BCUT2D eigenvalue weighted by atomic mass is 10.3. The van der Waals surface area contributed by atoms with Crippen LogP contribution < -0.4 is 15.4 Å². The first-order chi connectivity index (χ1) is 10.1. The summed E-state index contributed by atoms with van der Waals surface area (Å²) in [4.78, 5) is 12.4. The second kappa shape index (κ2) is 7.03. The zero-order valence-corrected chi connectivity index (χ0v) is 12.4. The average Bonchev–Trinajstić information content (AvgIpc) is 2.48. The third-order valence-electron chi connectivity index (χ3n) is 2.51. The molecule has 2 rings (SSSR count). The van der Waals surface area contributed by atoms with E-state index in [2.05, 4.69) is 25.6 Å². The Morgan fingerprint density at radius 2 is 2.00 bits per heavy atom. The number of hydrogen-bond donors (Lipinski definition) is 2. The summed E-state index contributed by atoms with van der Waals surface area (Å²) in [5.74, 6) is 0.197. The summed E-state index contributed by atoms with van der Waals surface area (Å²) >= 11 is 5.73. The minimum Gasteiger partial charge on any atom is -0.467 e. The van der Waals surface area contributed by atoms with Crippen molar-refractivity contribution in [2.75, 3.05) is 24.3 Å². The normalized spacial score (nSPS) is 10.3. The van der Waals surface area contributed by atoms with E-state index in [-0.39, 0.29) is 17.0 Å². The number of ether oxygens (including phenoxy) is 1. The number of methoxy groups -OCH3 is 1. The second-order valence-corrected chi connectivity index (χ2v) is 4.56. The van der Waals surface area contributed by atoms with E-state index in [1.807, 2.05) is 6.92 Å². The molecule has 1 aromatic carbocycles. The highest BCUT2D eigenvalue weighted by Crippen LogP contribution is 2.22. The number of aromatic nitrogens is 3. The van der Waals surface area contributed by atoms with Gasteiger partial charge < -0.3 is 15.4 Å². The summed E-state index contributed by atoms with van der Waals surface area (Å²) in [5.41, 5.74) is 0.566. The van der Waals surface area contributed by atoms with Crippen LogP contribution in [-0.2, 0) is 0 Å². The zero-order valence-electron chi connectivity index (χ0n) is 11.7. The molecule has 0 fully saturated rings. The van der Waals surface area contributed by atoms with Gasteiger partial charge in [0.25, 0.3) is 0 Å². The maximum absolute atomic E-state index is 13.1. The van der Waals surface area contributed by atoms with Gasteiger partial charge in [-0.3, -0.25) is 0 Å². The van der Waals surface area contributed by atoms with Crippen molar-refractivity contribution in [2.45, 2.75) is 13.3 Å². The highest BCUT2D eigenvalue weighted by molar-refractivity contribution is 6.31. The number of rotatable bonds is 6. The highest BCUT2D eigenvalue weighted by atomic mass is 35.5. The number of halogens is 2. The van der Waals surface area contributed by atoms with Crippen LogP contribution in [0.3, 0.4) is 0 Å². The first-order valence-electron chi connectivity index (χ1n) is 6.38. The van der Waals surface area contributed by atoms with Crippen LogP contribution in [0.4, 0.5) is 22.0 Å². The monoisotopic (exact) mass is 311 g/mol. The molecule has 0 saturated heterocycles. The fourth-order valence-corrected chi connectivity index (χ4v) is 1.70. The minimum atomic E-state index is -0.485. The van der Waals surface area contributed by atoms with Crippen molar-refractivity contribution in [3.05, 3.63) is 29.0 Å². The van der Waals surface area contributed by atoms with E-state index >= 15 is 0 Å². The van der Waals surface area contributed by atoms with Crippen LogP contribution in [-0.4, -0.2) is 28.6 Å². The van der Waals surface area contributed by atoms with Gasteiger partial charge in [0.2, 0.25) is 11.9 Å². The average molecular weight is 312 g/mol. The molecule has 0 bridgehead atoms. The summed E-state index contributed by atoms with van der Waals surface area (Å²) < 4.78 is 18.2. The topological polar surface area (TPSA) is 72.0 Å². The molecule has 0 unspecified atom stereocenters. The molecule has 21 heavy (non-hydrogen) atoms. The van der Waals surface area contributed by atoms with Crippen molar-refractivity contribution in [2.24, 2.45) is 0 Å². The summed E-state index contributed by atoms with van der Waals surface area (Å²) in [6.07, 6.45) is 0.935. The lowest BCUT2D eigenvalue weighted by Gasteiger charge is -2.09. The molecule has 2 N–H and O–H groups in total. The van der Waals surface area contributed by atoms with Crippen molar-refractivity contribution in [1.29, 1.82) is 0 Å². The fourth-order valence-electron chi connectivity index (χ4n) is 1.52. The van der Waals surface area contributed by atoms with E-state index < -0.39 is 5.82 Å². The Balaban J connectivity index is 2.23. The van der Waals surface area contributed by atoms with E-state index in [9.17, 15) is 4.39 Å². The van der Waals surface area contributed by atoms with E-state index in [0.29, 0.717) is 11.6 Å². The van der Waals surface area contributed by atoms with Crippen LogP contribution >= 0.6 is 11.6 Å². The first kappa shape index (κ1) is 15.2. The smallest absolute Gasteiger partial charge is 0.322 e. The van der Waals surface area contributed by atoms with Gasteiger partial charge in [-0.05, 0) is 24.6 Å². The molecule has 2 aromatic rings. The van der Waals surface area contributed by atoms with Gasteiger partial charge in [-0.25, -0.2) is 4.39 Å². The highest BCUT2D eigenvalue weighted by Gasteiger charge is 2.08. The third kappa shape index (κ3) is 4.16. The summed E-state index contributed by atoms with van der Waals surface area (Å²) in [6, 6.07) is 4.43. The van der Waals surface area contributed by atoms with Crippen LogP contribution in [0.15, 0.2) is 18.2 Å². The Morgan fingerprint density at radius 3 is 2.67 bits per heavy atom. The van der Waals surface area contributed by atoms with Gasteiger partial charge in [-0.2, -0.15) is 15.0 Å². The van der Waals surface area contributed by atoms with Crippen molar-refractivity contribution < 1.29 is 9.13 Å². The van der Waals surface area contributed by atoms with Crippen molar-refractivity contribution in [3.8, 4) is 6.01 Å². The predicted octanol–water partition coefficient (Wildman–Crippen LogP) is 3.24. The molecule has 112 valence electrons. The molecular formula is C13H15ClFN5O. The molecule has 0 aliphatic carbocycles. The molecule has 1 aromatic heterocycles. The maximum atomic E-state index is 13.1. The summed E-state index contributed by atoms with van der Waals surface area (Å²) in [7, 11) is 1.47. The van der Waals surface area contributed by atoms with Crippen molar-refractivity contribution >= 4 is 29.2 Å². The van der Waals surface area contributed by atoms with Crippen LogP contribution in [0.25, 0.3) is 0 Å². The summed E-state index contributed by atoms with van der Waals surface area (Å²) in [6.45, 7) is 2.76. The van der Waals surface area contributed by atoms with Crippen LogP contribution in [0.1, 0.15) is 13.3 Å². The lowest BCUT2D eigenvalue weighted by Crippen LogP contribution is -2.09. The van der Waals surface area contributed by atoms with E-state index in [1.165, 1.54) is 25.3 Å². The molecule has 0 amide bonds. The quantitative estimate of drug-likeness (QED) is 0.853. The van der Waals surface area contributed by atoms with Gasteiger partial charge >= 0.3 is 6.01 Å². The number of nitrogens with zero attached hydrogens (tertiary/aromatic N) is 3. The first-order valence-corrected chi connectivity index (χ1v) is 6.76. The number of anilines is 3. The molecule has 1 heterocycles. The second-order valence-electron chi connectivity index (χ2n) is 4.15. The summed E-state index contributed by atoms with van der Waals surface area (Å²) in [5, 5.41) is 6.00. The Labute approximate surface area is 126 Å². The van der Waals surface area contributed by atoms with Gasteiger partial charge in [0.15, 0.2) is 0 Å². The standard InChI is InChI=1S/C13H15ClFN5O/c1-3-6-16-11-18-12(20-13(19-11)21-2)17-8-4-5-10(15)9(14)7-8/h4-5,7H,3,6H2,1-2H3,(H2,16,17,18,19,20). The molecule has 0 spiro atoms. The fraction of sp³-hybridized carbons (Fsp3) is 0.308. The van der Waals surface area contributed by atoms with Crippen LogP contribution in [0.5, 0.6) is 6.01 Å². The van der Waals surface area contributed by atoms with Gasteiger partial charge in [-0.1, -0.05) is 18.5 Å². The van der Waals surface area contributed by atoms with Crippen molar-refractivity contribution in [1.82, 2.24) is 15.0 Å². The third-order valence-corrected chi connectivity index (χ3v) is 2.80. The minimum absolute atomic E-state index is 0.0188. The lowest BCUT2D eigenvalue weighted by molar-refractivity contribution is 0.379. The molecule has 6 nitrogen and oxygen atoms in total. The number of hydrogen-bond acceptors (Lipinski definition) is 6. The molecular weight excluding hydrogens is 297 g/mol. The van der Waals surface area contributed by atoms with Gasteiger partial charge in [0.05, 0.1) is 12.1 Å². The number of benzene rings is 1. The van der Waals surface area contributed by atoms with Gasteiger partial charge in [0.1, 0.15) is 5.82 Å². The van der Waals surface area contributed by atoms with Gasteiger partial charge in [0, 0.05) is 12.2 Å². The van der Waals surface area contributed by atoms with Gasteiger partial charge in [-0.15, -0.1) is 0 Å². The van der Waals surface area contributed by atoms with E-state index in [1.54, 1.807) is 0 Å². The largest absolute Gasteiger partial charge is 0.467 e. The molecule has 0 radical (unpaired) electrons. The molecule has 0 saturated carbocycles. The Hall–Kier alpha value is -2.15. The van der Waals surface area contributed by atoms with Crippen LogP contribution in [0, 0.1) is 5.82 Å². The number of nitrogens with one attached hydrogen (secondary N) is 2. The molecule has 0 aliphatic rings. The molecule has 8 heteroatoms. The maximum Gasteiger partial charge on any atom is 0.322 e. The van der Waals surface area contributed by atoms with Crippen LogP contribution in [0.2, 0.25) is 5.02 Å². The van der Waals surface area contributed by atoms with E-state index in [4.69, 9.17) is 16.3 Å². The predicted molar refractivity (Wildman–Crippen MR) is 79.9 cm³/mol. The SMILES string of the molecule is CCCNc1nc(Nc2ccc(F)c(Cl)c2)nc(OC)n1. The Bertz CT molecular complexity index is 626.